The average molecular weight is 386 g/mol. The molecule has 0 saturated carbocycles. The summed E-state index contributed by atoms with van der Waals surface area (Å²) >= 11 is 6.02. The van der Waals surface area contributed by atoms with Gasteiger partial charge >= 0.3 is 0 Å². The summed E-state index contributed by atoms with van der Waals surface area (Å²) in [7, 11) is 0. The van der Waals surface area contributed by atoms with Crippen molar-refractivity contribution in [3.63, 3.8) is 0 Å². The normalized spacial score (nSPS) is 11.2. The summed E-state index contributed by atoms with van der Waals surface area (Å²) in [4.78, 5) is 9.44. The smallest absolute Gasteiger partial charge is 0.165 e. The van der Waals surface area contributed by atoms with Crippen LogP contribution in [0.15, 0.2) is 79.4 Å². The van der Waals surface area contributed by atoms with Gasteiger partial charge in [0.05, 0.1) is 29.5 Å². The van der Waals surface area contributed by atoms with Gasteiger partial charge in [-0.15, -0.1) is 0 Å². The molecule has 0 aliphatic heterocycles. The van der Waals surface area contributed by atoms with E-state index in [4.69, 9.17) is 16.6 Å². The van der Waals surface area contributed by atoms with Crippen molar-refractivity contribution in [1.82, 2.24) is 24.1 Å². The summed E-state index contributed by atoms with van der Waals surface area (Å²) in [6, 6.07) is 19.8. The number of aromatic nitrogens is 5. The number of imidazole rings is 1. The van der Waals surface area contributed by atoms with Crippen molar-refractivity contribution in [1.29, 1.82) is 0 Å². The maximum Gasteiger partial charge on any atom is 0.165 e. The van der Waals surface area contributed by atoms with Gasteiger partial charge in [-0.2, -0.15) is 5.10 Å². The van der Waals surface area contributed by atoms with Crippen LogP contribution in [0, 0.1) is 6.92 Å². The lowest BCUT2D eigenvalue weighted by Gasteiger charge is -2.06. The van der Waals surface area contributed by atoms with Crippen LogP contribution in [0.1, 0.15) is 5.69 Å². The SMILES string of the molecule is Cc1cc(-c2ccc(Cl)cc2)nc2c(-c3cn(-c4ccccc4)cn3)cnn12. The molecule has 3 heterocycles. The minimum atomic E-state index is 0.707. The van der Waals surface area contributed by atoms with E-state index in [1.54, 1.807) is 0 Å². The molecule has 0 aliphatic carbocycles. The predicted octanol–water partition coefficient (Wildman–Crippen LogP) is 5.21. The fraction of sp³-hybridized carbons (Fsp3) is 0.0455. The first kappa shape index (κ1) is 16.7. The van der Waals surface area contributed by atoms with Crippen LogP contribution < -0.4 is 0 Å². The highest BCUT2D eigenvalue weighted by atomic mass is 35.5. The highest BCUT2D eigenvalue weighted by Crippen LogP contribution is 2.27. The summed E-state index contributed by atoms with van der Waals surface area (Å²) in [5, 5.41) is 5.22. The number of benzene rings is 2. The molecule has 0 N–H and O–H groups in total. The molecule has 3 aromatic heterocycles. The summed E-state index contributed by atoms with van der Waals surface area (Å²) in [5.74, 6) is 0. The maximum absolute atomic E-state index is 6.02. The molecule has 0 aliphatic rings. The Hall–Kier alpha value is -3.44. The lowest BCUT2D eigenvalue weighted by Crippen LogP contribution is -1.98. The molecule has 0 radical (unpaired) electrons. The van der Waals surface area contributed by atoms with Gasteiger partial charge in [0.2, 0.25) is 0 Å². The molecule has 0 unspecified atom stereocenters. The van der Waals surface area contributed by atoms with Crippen molar-refractivity contribution < 1.29 is 0 Å². The van der Waals surface area contributed by atoms with Crippen molar-refractivity contribution in [3.8, 4) is 28.2 Å². The van der Waals surface area contributed by atoms with Gasteiger partial charge in [-0.05, 0) is 37.3 Å². The zero-order chi connectivity index (χ0) is 19.1. The Kier molecular flexibility index (Phi) is 3.95. The van der Waals surface area contributed by atoms with Crippen LogP contribution in [0.3, 0.4) is 0 Å². The minimum Gasteiger partial charge on any atom is -0.306 e. The van der Waals surface area contributed by atoms with Crippen LogP contribution in [0.4, 0.5) is 0 Å². The summed E-state index contributed by atoms with van der Waals surface area (Å²) in [5.41, 5.74) is 6.46. The first-order valence-corrected chi connectivity index (χ1v) is 9.28. The van der Waals surface area contributed by atoms with Crippen molar-refractivity contribution in [2.24, 2.45) is 0 Å². The molecule has 0 saturated heterocycles. The Morgan fingerprint density at radius 2 is 1.71 bits per heavy atom. The molecule has 136 valence electrons. The first-order valence-electron chi connectivity index (χ1n) is 8.90. The topological polar surface area (TPSA) is 48.0 Å². The lowest BCUT2D eigenvalue weighted by molar-refractivity contribution is 0.896. The second-order valence-electron chi connectivity index (χ2n) is 6.59. The molecule has 2 aromatic carbocycles. The van der Waals surface area contributed by atoms with Crippen LogP contribution in [0.25, 0.3) is 33.8 Å². The third-order valence-corrected chi connectivity index (χ3v) is 4.95. The molecule has 0 spiro atoms. The van der Waals surface area contributed by atoms with Crippen LogP contribution in [0.5, 0.6) is 0 Å². The number of hydrogen-bond acceptors (Lipinski definition) is 3. The van der Waals surface area contributed by atoms with Crippen molar-refractivity contribution in [2.45, 2.75) is 6.92 Å². The lowest BCUT2D eigenvalue weighted by atomic mass is 10.1. The number of rotatable bonds is 3. The molecule has 6 heteroatoms. The van der Waals surface area contributed by atoms with Crippen LogP contribution in [0.2, 0.25) is 5.02 Å². The number of halogens is 1. The van der Waals surface area contributed by atoms with Crippen molar-refractivity contribution in [3.05, 3.63) is 90.1 Å². The number of nitrogens with zero attached hydrogens (tertiary/aromatic N) is 5. The van der Waals surface area contributed by atoms with E-state index in [0.29, 0.717) is 5.02 Å². The number of aryl methyl sites for hydroxylation is 1. The third-order valence-electron chi connectivity index (χ3n) is 4.70. The first-order chi connectivity index (χ1) is 13.7. The molecule has 5 nitrogen and oxygen atoms in total. The Labute approximate surface area is 166 Å². The quantitative estimate of drug-likeness (QED) is 0.428. The third kappa shape index (κ3) is 2.86. The number of para-hydroxylation sites is 1. The molecule has 0 bridgehead atoms. The Morgan fingerprint density at radius 1 is 0.929 bits per heavy atom. The monoisotopic (exact) mass is 385 g/mol. The molecular formula is C22H16ClN5. The Balaban J connectivity index is 1.63. The zero-order valence-corrected chi connectivity index (χ0v) is 15.9. The van der Waals surface area contributed by atoms with E-state index in [9.17, 15) is 0 Å². The second-order valence-corrected chi connectivity index (χ2v) is 7.02. The fourth-order valence-electron chi connectivity index (χ4n) is 3.27. The van der Waals surface area contributed by atoms with E-state index in [-0.39, 0.29) is 0 Å². The van der Waals surface area contributed by atoms with Crippen LogP contribution in [-0.2, 0) is 0 Å². The standard InChI is InChI=1S/C22H16ClN5/c1-15-11-20(16-7-9-17(23)10-8-16)26-22-19(12-25-28(15)22)21-13-27(14-24-21)18-5-3-2-4-6-18/h2-14H,1H3. The van der Waals surface area contributed by atoms with Crippen LogP contribution in [-0.4, -0.2) is 24.1 Å². The highest BCUT2D eigenvalue weighted by Gasteiger charge is 2.14. The van der Waals surface area contributed by atoms with E-state index in [1.165, 1.54) is 0 Å². The van der Waals surface area contributed by atoms with Gasteiger partial charge in [-0.25, -0.2) is 14.5 Å². The van der Waals surface area contributed by atoms with Gasteiger partial charge in [0, 0.05) is 28.2 Å². The van der Waals surface area contributed by atoms with Crippen LogP contribution >= 0.6 is 11.6 Å². The largest absolute Gasteiger partial charge is 0.306 e. The fourth-order valence-corrected chi connectivity index (χ4v) is 3.39. The second kappa shape index (κ2) is 6.62. The molecule has 5 rings (SSSR count). The van der Waals surface area contributed by atoms with Crippen molar-refractivity contribution in [2.75, 3.05) is 0 Å². The summed E-state index contributed by atoms with van der Waals surface area (Å²) in [6.07, 6.45) is 5.63. The maximum atomic E-state index is 6.02. The van der Waals surface area contributed by atoms with E-state index >= 15 is 0 Å². The van der Waals surface area contributed by atoms with E-state index < -0.39 is 0 Å². The van der Waals surface area contributed by atoms with Gasteiger partial charge in [0.15, 0.2) is 5.65 Å². The van der Waals surface area contributed by atoms with Gasteiger partial charge in [-0.1, -0.05) is 41.9 Å². The van der Waals surface area contributed by atoms with E-state index in [0.717, 1.165) is 39.5 Å². The van der Waals surface area contributed by atoms with E-state index in [1.807, 2.05) is 95.4 Å². The van der Waals surface area contributed by atoms with Gasteiger partial charge < -0.3 is 4.57 Å². The Morgan fingerprint density at radius 3 is 2.50 bits per heavy atom. The van der Waals surface area contributed by atoms with Gasteiger partial charge in [-0.3, -0.25) is 0 Å². The van der Waals surface area contributed by atoms with E-state index in [2.05, 4.69) is 10.1 Å². The summed E-state index contributed by atoms with van der Waals surface area (Å²) in [6.45, 7) is 2.02. The predicted molar refractivity (Wildman–Crippen MR) is 111 cm³/mol. The molecule has 0 fully saturated rings. The average Bonchev–Trinajstić information content (AvgIpc) is 3.36. The highest BCUT2D eigenvalue weighted by molar-refractivity contribution is 6.30. The molecule has 5 aromatic rings. The molecule has 28 heavy (non-hydrogen) atoms. The summed E-state index contributed by atoms with van der Waals surface area (Å²) < 4.78 is 3.84. The minimum absolute atomic E-state index is 0.707. The number of hydrogen-bond donors (Lipinski definition) is 0. The molecule has 0 amide bonds. The Bertz CT molecular complexity index is 1270. The molecule has 0 atom stereocenters. The van der Waals surface area contributed by atoms with Gasteiger partial charge in [0.1, 0.15) is 0 Å². The molecular weight excluding hydrogens is 370 g/mol. The van der Waals surface area contributed by atoms with Gasteiger partial charge in [0.25, 0.3) is 0 Å². The van der Waals surface area contributed by atoms with Crippen molar-refractivity contribution >= 4 is 17.2 Å². The zero-order valence-electron chi connectivity index (χ0n) is 15.1. The number of fused-ring (bicyclic) bond motifs is 1.